The molecule has 1 fully saturated rings. The number of rotatable bonds is 5. The van der Waals surface area contributed by atoms with Gasteiger partial charge < -0.3 is 10.2 Å². The summed E-state index contributed by atoms with van der Waals surface area (Å²) in [6, 6.07) is 5.51. The van der Waals surface area contributed by atoms with Crippen LogP contribution in [0.5, 0.6) is 0 Å². The molecule has 2 rings (SSSR count). The van der Waals surface area contributed by atoms with Crippen molar-refractivity contribution in [2.75, 3.05) is 32.7 Å². The van der Waals surface area contributed by atoms with E-state index in [1.54, 1.807) is 18.2 Å². The van der Waals surface area contributed by atoms with Gasteiger partial charge in [0.2, 0.25) is 0 Å². The Morgan fingerprint density at radius 2 is 1.95 bits per heavy atom. The molecule has 2 N–H and O–H groups in total. The van der Waals surface area contributed by atoms with Crippen LogP contribution >= 0.6 is 23.2 Å². The van der Waals surface area contributed by atoms with Gasteiger partial charge in [0.15, 0.2) is 0 Å². The van der Waals surface area contributed by atoms with Crippen molar-refractivity contribution in [1.82, 2.24) is 9.80 Å². The predicted molar refractivity (Wildman–Crippen MR) is 90.6 cm³/mol. The van der Waals surface area contributed by atoms with E-state index in [2.05, 4.69) is 16.7 Å². The zero-order chi connectivity index (χ0) is 16.3. The Kier molecular flexibility index (Phi) is 6.50. The Balaban J connectivity index is 1.93. The minimum Gasteiger partial charge on any atom is -0.392 e. The molecule has 1 saturated heterocycles. The molecular weight excluding hydrogens is 323 g/mol. The topological polar surface area (TPSA) is 46.9 Å². The van der Waals surface area contributed by atoms with Crippen LogP contribution in [-0.2, 0) is 0 Å². The molecule has 0 radical (unpaired) electrons. The van der Waals surface area contributed by atoms with Crippen LogP contribution in [0.4, 0.5) is 0 Å². The first kappa shape index (κ1) is 18.0. The van der Waals surface area contributed by atoms with Gasteiger partial charge in [-0.25, -0.2) is 0 Å². The highest BCUT2D eigenvalue weighted by molar-refractivity contribution is 6.33. The van der Waals surface area contributed by atoms with Gasteiger partial charge in [-0.05, 0) is 32.0 Å². The molecular formula is C16H24Cl2N2O2. The smallest absolute Gasteiger partial charge is 0.0931 e. The molecule has 0 amide bonds. The molecule has 0 spiro atoms. The van der Waals surface area contributed by atoms with Gasteiger partial charge in [-0.3, -0.25) is 9.80 Å². The second-order valence-electron chi connectivity index (χ2n) is 6.13. The van der Waals surface area contributed by atoms with Crippen molar-refractivity contribution in [3.63, 3.8) is 0 Å². The van der Waals surface area contributed by atoms with E-state index in [1.807, 2.05) is 6.92 Å². The molecule has 1 heterocycles. The quantitative estimate of drug-likeness (QED) is 0.859. The molecule has 1 aliphatic rings. The zero-order valence-electron chi connectivity index (χ0n) is 13.0. The van der Waals surface area contributed by atoms with Crippen LogP contribution in [-0.4, -0.2) is 64.9 Å². The molecule has 0 saturated carbocycles. The van der Waals surface area contributed by atoms with Gasteiger partial charge in [-0.1, -0.05) is 23.2 Å². The van der Waals surface area contributed by atoms with E-state index in [1.165, 1.54) is 0 Å². The lowest BCUT2D eigenvalue weighted by atomic mass is 10.1. The SMILES string of the molecule is C[C@H](O)CN1CCN(C[C@@H](O)c2cc(Cl)ccc2Cl)C[C@@H]1C. The maximum absolute atomic E-state index is 10.4. The number of piperazine rings is 1. The van der Waals surface area contributed by atoms with E-state index in [0.717, 1.165) is 19.6 Å². The summed E-state index contributed by atoms with van der Waals surface area (Å²) in [5, 5.41) is 21.1. The fourth-order valence-electron chi connectivity index (χ4n) is 2.96. The van der Waals surface area contributed by atoms with Gasteiger partial charge in [0.25, 0.3) is 0 Å². The fourth-order valence-corrected chi connectivity index (χ4v) is 3.38. The van der Waals surface area contributed by atoms with E-state index in [4.69, 9.17) is 23.2 Å². The minimum atomic E-state index is -0.651. The second kappa shape index (κ2) is 7.95. The highest BCUT2D eigenvalue weighted by atomic mass is 35.5. The molecule has 3 atom stereocenters. The number of halogens is 2. The highest BCUT2D eigenvalue weighted by Gasteiger charge is 2.26. The number of β-amino-alcohol motifs (C(OH)–C–C–N with tert-alkyl or cyclic N) is 2. The monoisotopic (exact) mass is 346 g/mol. The first-order valence-corrected chi connectivity index (χ1v) is 8.40. The lowest BCUT2D eigenvalue weighted by molar-refractivity contribution is 0.0240. The van der Waals surface area contributed by atoms with E-state index in [0.29, 0.717) is 34.7 Å². The number of aliphatic hydroxyl groups excluding tert-OH is 2. The van der Waals surface area contributed by atoms with Crippen LogP contribution in [0.1, 0.15) is 25.5 Å². The minimum absolute atomic E-state index is 0.315. The standard InChI is InChI=1S/C16H24Cl2N2O2/c1-11-8-19(5-6-20(11)9-12(2)21)10-16(22)14-7-13(17)3-4-15(14)18/h3-4,7,11-12,16,21-22H,5-6,8-10H2,1-2H3/t11-,12-,16+/m0/s1. The van der Waals surface area contributed by atoms with Gasteiger partial charge in [-0.15, -0.1) is 0 Å². The Morgan fingerprint density at radius 3 is 2.59 bits per heavy atom. The molecule has 1 aromatic carbocycles. The third-order valence-electron chi connectivity index (χ3n) is 4.10. The highest BCUT2D eigenvalue weighted by Crippen LogP contribution is 2.27. The van der Waals surface area contributed by atoms with Crippen molar-refractivity contribution in [2.24, 2.45) is 0 Å². The van der Waals surface area contributed by atoms with Crippen molar-refractivity contribution < 1.29 is 10.2 Å². The van der Waals surface area contributed by atoms with E-state index in [-0.39, 0.29) is 6.10 Å². The molecule has 0 aromatic heterocycles. The maximum atomic E-state index is 10.4. The van der Waals surface area contributed by atoms with Crippen LogP contribution in [0.25, 0.3) is 0 Å². The Bertz CT molecular complexity index is 499. The number of benzene rings is 1. The summed E-state index contributed by atoms with van der Waals surface area (Å²) >= 11 is 12.1. The van der Waals surface area contributed by atoms with Gasteiger partial charge >= 0.3 is 0 Å². The number of hydrogen-bond acceptors (Lipinski definition) is 4. The Labute approximate surface area is 142 Å². The molecule has 1 aromatic rings. The summed E-state index contributed by atoms with van der Waals surface area (Å²) in [6.07, 6.45) is -0.966. The molecule has 1 aliphatic heterocycles. The predicted octanol–water partition coefficient (Wildman–Crippen LogP) is 2.41. The second-order valence-corrected chi connectivity index (χ2v) is 6.98. The zero-order valence-corrected chi connectivity index (χ0v) is 14.6. The number of nitrogens with zero attached hydrogens (tertiary/aromatic N) is 2. The summed E-state index contributed by atoms with van der Waals surface area (Å²) in [6.45, 7) is 7.80. The van der Waals surface area contributed by atoms with E-state index in [9.17, 15) is 10.2 Å². The largest absolute Gasteiger partial charge is 0.392 e. The fraction of sp³-hybridized carbons (Fsp3) is 0.625. The van der Waals surface area contributed by atoms with E-state index >= 15 is 0 Å². The third-order valence-corrected chi connectivity index (χ3v) is 4.68. The van der Waals surface area contributed by atoms with Gasteiger partial charge in [0.1, 0.15) is 0 Å². The molecule has 6 heteroatoms. The number of aliphatic hydroxyl groups is 2. The lowest BCUT2D eigenvalue weighted by Crippen LogP contribution is -2.54. The van der Waals surface area contributed by atoms with Crippen molar-refractivity contribution in [1.29, 1.82) is 0 Å². The summed E-state index contributed by atoms with van der Waals surface area (Å²) < 4.78 is 0. The molecule has 22 heavy (non-hydrogen) atoms. The molecule has 0 unspecified atom stereocenters. The summed E-state index contributed by atoms with van der Waals surface area (Å²) in [5.41, 5.74) is 0.674. The van der Waals surface area contributed by atoms with Crippen molar-refractivity contribution in [3.8, 4) is 0 Å². The summed E-state index contributed by atoms with van der Waals surface area (Å²) in [5.74, 6) is 0. The van der Waals surface area contributed by atoms with Crippen LogP contribution in [0, 0.1) is 0 Å². The van der Waals surface area contributed by atoms with Crippen LogP contribution in [0.15, 0.2) is 18.2 Å². The molecule has 0 bridgehead atoms. The average molecular weight is 347 g/mol. The van der Waals surface area contributed by atoms with Gasteiger partial charge in [0.05, 0.1) is 12.2 Å². The third kappa shape index (κ3) is 4.82. The average Bonchev–Trinajstić information content (AvgIpc) is 2.44. The number of hydrogen-bond donors (Lipinski definition) is 2. The van der Waals surface area contributed by atoms with Crippen molar-refractivity contribution >= 4 is 23.2 Å². The van der Waals surface area contributed by atoms with Crippen LogP contribution in [0.2, 0.25) is 10.0 Å². The van der Waals surface area contributed by atoms with Crippen molar-refractivity contribution in [3.05, 3.63) is 33.8 Å². The first-order valence-electron chi connectivity index (χ1n) is 7.64. The Morgan fingerprint density at radius 1 is 1.23 bits per heavy atom. The summed E-state index contributed by atoms with van der Waals surface area (Å²) in [7, 11) is 0. The first-order chi connectivity index (χ1) is 10.4. The molecule has 4 nitrogen and oxygen atoms in total. The van der Waals surface area contributed by atoms with Gasteiger partial charge in [0, 0.05) is 54.4 Å². The van der Waals surface area contributed by atoms with E-state index < -0.39 is 6.10 Å². The molecule has 124 valence electrons. The normalized spacial score (nSPS) is 23.5. The maximum Gasteiger partial charge on any atom is 0.0931 e. The summed E-state index contributed by atoms with van der Waals surface area (Å²) in [4.78, 5) is 4.50. The van der Waals surface area contributed by atoms with Crippen LogP contribution < -0.4 is 0 Å². The van der Waals surface area contributed by atoms with Crippen molar-refractivity contribution in [2.45, 2.75) is 32.1 Å². The van der Waals surface area contributed by atoms with Gasteiger partial charge in [-0.2, -0.15) is 0 Å². The Hall–Kier alpha value is -0.360. The molecule has 0 aliphatic carbocycles. The lowest BCUT2D eigenvalue weighted by Gasteiger charge is -2.41. The van der Waals surface area contributed by atoms with Crippen LogP contribution in [0.3, 0.4) is 0 Å².